The van der Waals surface area contributed by atoms with E-state index in [1.807, 2.05) is 25.4 Å². The molecule has 0 atom stereocenters. The van der Waals surface area contributed by atoms with Crippen LogP contribution in [-0.4, -0.2) is 65.8 Å². The number of hydrogen-bond acceptors (Lipinski definition) is 6. The van der Waals surface area contributed by atoms with Gasteiger partial charge in [0.1, 0.15) is 5.82 Å². The fraction of sp³-hybridized carbons (Fsp3) is 0.556. The van der Waals surface area contributed by atoms with Crippen molar-refractivity contribution in [3.63, 3.8) is 0 Å². The Bertz CT molecular complexity index is 712. The van der Waals surface area contributed by atoms with E-state index in [4.69, 9.17) is 4.52 Å². The number of aliphatic imine (C=N–C) groups is 1. The molecule has 1 saturated heterocycles. The molecule has 0 unspecified atom stereocenters. The third kappa shape index (κ3) is 5.78. The molecule has 0 bridgehead atoms. The number of nitrogens with zero attached hydrogens (tertiary/aromatic N) is 6. The predicted octanol–water partition coefficient (Wildman–Crippen LogP) is 2.15. The Balaban J connectivity index is 0.00000261. The Morgan fingerprint density at radius 1 is 1.26 bits per heavy atom. The molecule has 2 aromatic heterocycles. The number of anilines is 1. The van der Waals surface area contributed by atoms with Gasteiger partial charge in [0.2, 0.25) is 5.89 Å². The lowest BCUT2D eigenvalue weighted by Crippen LogP contribution is -2.53. The lowest BCUT2D eigenvalue weighted by molar-refractivity contribution is 0.361. The normalized spacial score (nSPS) is 15.0. The van der Waals surface area contributed by atoms with Crippen LogP contribution in [-0.2, 0) is 6.42 Å². The molecule has 3 heterocycles. The third-order valence-corrected chi connectivity index (χ3v) is 4.39. The molecule has 8 nitrogen and oxygen atoms in total. The minimum absolute atomic E-state index is 0. The van der Waals surface area contributed by atoms with E-state index in [2.05, 4.69) is 55.1 Å². The van der Waals surface area contributed by atoms with Gasteiger partial charge in [0.25, 0.3) is 0 Å². The fourth-order valence-electron chi connectivity index (χ4n) is 2.91. The Labute approximate surface area is 177 Å². The zero-order valence-electron chi connectivity index (χ0n) is 16.1. The van der Waals surface area contributed by atoms with Crippen molar-refractivity contribution in [2.45, 2.75) is 26.2 Å². The number of guanidine groups is 1. The SMILES string of the molecule is CN=C(NCCc1nc(C(C)C)no1)N1CCN(c2ccccn2)CC1.I. The molecule has 1 N–H and O–H groups in total. The van der Waals surface area contributed by atoms with Gasteiger partial charge in [0.15, 0.2) is 11.8 Å². The molecule has 0 saturated carbocycles. The summed E-state index contributed by atoms with van der Waals surface area (Å²) in [6, 6.07) is 6.02. The fourth-order valence-corrected chi connectivity index (χ4v) is 2.91. The van der Waals surface area contributed by atoms with E-state index >= 15 is 0 Å². The van der Waals surface area contributed by atoms with Gasteiger partial charge in [-0.3, -0.25) is 4.99 Å². The molecule has 0 aliphatic carbocycles. The molecule has 2 aromatic rings. The molecule has 9 heteroatoms. The number of hydrogen-bond donors (Lipinski definition) is 1. The highest BCUT2D eigenvalue weighted by molar-refractivity contribution is 14.0. The monoisotopic (exact) mass is 485 g/mol. The molecule has 0 amide bonds. The van der Waals surface area contributed by atoms with Gasteiger partial charge in [0, 0.05) is 58.3 Å². The molecule has 1 aliphatic rings. The zero-order valence-corrected chi connectivity index (χ0v) is 18.5. The standard InChI is InChI=1S/C18H27N7O.HI/c1-14(2)17-22-16(26-23-17)7-9-21-18(19-3)25-12-10-24(11-13-25)15-6-4-5-8-20-15;/h4-6,8,14H,7,9-13H2,1-3H3,(H,19,21);1H. The first-order chi connectivity index (χ1) is 12.7. The lowest BCUT2D eigenvalue weighted by Gasteiger charge is -2.37. The molecule has 148 valence electrons. The molecule has 0 aromatic carbocycles. The third-order valence-electron chi connectivity index (χ3n) is 4.39. The van der Waals surface area contributed by atoms with E-state index in [9.17, 15) is 0 Å². The molecular weight excluding hydrogens is 457 g/mol. The summed E-state index contributed by atoms with van der Waals surface area (Å²) in [5.41, 5.74) is 0. The molecule has 0 radical (unpaired) electrons. The van der Waals surface area contributed by atoms with Gasteiger partial charge >= 0.3 is 0 Å². The first kappa shape index (κ1) is 21.4. The number of halogens is 1. The quantitative estimate of drug-likeness (QED) is 0.395. The smallest absolute Gasteiger partial charge is 0.228 e. The Hall–Kier alpha value is -1.91. The van der Waals surface area contributed by atoms with Crippen LogP contribution in [0.4, 0.5) is 5.82 Å². The maximum absolute atomic E-state index is 5.28. The van der Waals surface area contributed by atoms with E-state index in [0.29, 0.717) is 18.9 Å². The minimum atomic E-state index is 0. The van der Waals surface area contributed by atoms with Gasteiger partial charge in [0.05, 0.1) is 0 Å². The summed E-state index contributed by atoms with van der Waals surface area (Å²) in [5.74, 6) is 3.65. The number of nitrogens with one attached hydrogen (secondary N) is 1. The zero-order chi connectivity index (χ0) is 18.4. The Kier molecular flexibility index (Phi) is 8.26. The number of piperazine rings is 1. The van der Waals surface area contributed by atoms with Gasteiger partial charge in [-0.1, -0.05) is 25.1 Å². The van der Waals surface area contributed by atoms with Crippen LogP contribution in [0.1, 0.15) is 31.5 Å². The van der Waals surface area contributed by atoms with Gasteiger partial charge < -0.3 is 19.6 Å². The van der Waals surface area contributed by atoms with Crippen LogP contribution in [0.15, 0.2) is 33.9 Å². The Morgan fingerprint density at radius 2 is 2.04 bits per heavy atom. The van der Waals surface area contributed by atoms with Crippen LogP contribution in [0.25, 0.3) is 0 Å². The Morgan fingerprint density at radius 3 is 2.63 bits per heavy atom. The van der Waals surface area contributed by atoms with Crippen molar-refractivity contribution in [1.82, 2.24) is 25.3 Å². The second kappa shape index (κ2) is 10.4. The second-order valence-electron chi connectivity index (χ2n) is 6.59. The topological polar surface area (TPSA) is 82.7 Å². The highest BCUT2D eigenvalue weighted by atomic mass is 127. The summed E-state index contributed by atoms with van der Waals surface area (Å²) >= 11 is 0. The first-order valence-corrected chi connectivity index (χ1v) is 9.11. The average Bonchev–Trinajstić information content (AvgIpc) is 3.15. The maximum Gasteiger partial charge on any atom is 0.228 e. The molecule has 3 rings (SSSR count). The highest BCUT2D eigenvalue weighted by Gasteiger charge is 2.20. The number of aromatic nitrogens is 3. The summed E-state index contributed by atoms with van der Waals surface area (Å²) in [5, 5.41) is 7.39. The van der Waals surface area contributed by atoms with Crippen molar-refractivity contribution >= 4 is 35.8 Å². The van der Waals surface area contributed by atoms with Crippen molar-refractivity contribution in [3.05, 3.63) is 36.1 Å². The van der Waals surface area contributed by atoms with Gasteiger partial charge in [-0.15, -0.1) is 24.0 Å². The van der Waals surface area contributed by atoms with Gasteiger partial charge in [-0.25, -0.2) is 4.98 Å². The van der Waals surface area contributed by atoms with Crippen LogP contribution >= 0.6 is 24.0 Å². The minimum Gasteiger partial charge on any atom is -0.356 e. The van der Waals surface area contributed by atoms with Crippen molar-refractivity contribution in [1.29, 1.82) is 0 Å². The summed E-state index contributed by atoms with van der Waals surface area (Å²) in [7, 11) is 1.82. The predicted molar refractivity (Wildman–Crippen MR) is 117 cm³/mol. The van der Waals surface area contributed by atoms with Gasteiger partial charge in [-0.05, 0) is 12.1 Å². The van der Waals surface area contributed by atoms with Crippen LogP contribution in [0.3, 0.4) is 0 Å². The first-order valence-electron chi connectivity index (χ1n) is 9.11. The van der Waals surface area contributed by atoms with Crippen molar-refractivity contribution in [2.75, 3.05) is 44.7 Å². The molecule has 0 spiro atoms. The summed E-state index contributed by atoms with van der Waals surface area (Å²) < 4.78 is 5.28. The second-order valence-corrected chi connectivity index (χ2v) is 6.59. The number of pyridine rings is 1. The summed E-state index contributed by atoms with van der Waals surface area (Å²) in [4.78, 5) is 17.8. The van der Waals surface area contributed by atoms with Crippen LogP contribution in [0.2, 0.25) is 0 Å². The largest absolute Gasteiger partial charge is 0.356 e. The number of rotatable bonds is 5. The molecule has 1 aliphatic heterocycles. The summed E-state index contributed by atoms with van der Waals surface area (Å²) in [6.45, 7) is 8.51. The van der Waals surface area contributed by atoms with E-state index < -0.39 is 0 Å². The maximum atomic E-state index is 5.28. The van der Waals surface area contributed by atoms with E-state index in [1.54, 1.807) is 0 Å². The van der Waals surface area contributed by atoms with Crippen LogP contribution in [0.5, 0.6) is 0 Å². The molecular formula is C18H28IN7O. The summed E-state index contributed by atoms with van der Waals surface area (Å²) in [6.07, 6.45) is 2.52. The van der Waals surface area contributed by atoms with Crippen molar-refractivity contribution in [3.8, 4) is 0 Å². The van der Waals surface area contributed by atoms with Crippen LogP contribution in [0, 0.1) is 0 Å². The van der Waals surface area contributed by atoms with Crippen molar-refractivity contribution in [2.24, 2.45) is 4.99 Å². The van der Waals surface area contributed by atoms with Crippen LogP contribution < -0.4 is 10.2 Å². The lowest BCUT2D eigenvalue weighted by atomic mass is 10.2. The molecule has 27 heavy (non-hydrogen) atoms. The molecule has 1 fully saturated rings. The van der Waals surface area contributed by atoms with E-state index in [-0.39, 0.29) is 29.9 Å². The van der Waals surface area contributed by atoms with Crippen molar-refractivity contribution < 1.29 is 4.52 Å². The highest BCUT2D eigenvalue weighted by Crippen LogP contribution is 2.13. The van der Waals surface area contributed by atoms with E-state index in [0.717, 1.165) is 43.8 Å². The van der Waals surface area contributed by atoms with E-state index in [1.165, 1.54) is 0 Å². The van der Waals surface area contributed by atoms with Gasteiger partial charge in [-0.2, -0.15) is 4.98 Å². The average molecular weight is 485 g/mol.